The number of aliphatic imine (C=N–C) groups is 1. The van der Waals surface area contributed by atoms with Crippen LogP contribution in [0.4, 0.5) is 0 Å². The van der Waals surface area contributed by atoms with Crippen LogP contribution in [0.15, 0.2) is 17.5 Å². The summed E-state index contributed by atoms with van der Waals surface area (Å²) in [4.78, 5) is 2.58. The number of rotatable bonds is 1. The molecule has 0 saturated heterocycles. The normalized spacial score (nSPS) is 7.86. The van der Waals surface area contributed by atoms with E-state index in [1.54, 1.807) is 0 Å². The van der Waals surface area contributed by atoms with Gasteiger partial charge in [-0.2, -0.15) is 5.26 Å². The molecule has 1 rings (SSSR count). The highest BCUT2D eigenvalue weighted by molar-refractivity contribution is 5.46. The van der Waals surface area contributed by atoms with Crippen molar-refractivity contribution >= 4 is 6.01 Å². The van der Waals surface area contributed by atoms with Crippen molar-refractivity contribution in [3.63, 3.8) is 0 Å². The van der Waals surface area contributed by atoms with Crippen molar-refractivity contribution in [1.82, 2.24) is 4.57 Å². The summed E-state index contributed by atoms with van der Waals surface area (Å²) in [6.07, 6.45) is 5.51. The molecule has 5 nitrogen and oxygen atoms in total. The van der Waals surface area contributed by atoms with E-state index in [1.807, 2.05) is 0 Å². The fourth-order valence-corrected chi connectivity index (χ4v) is 0.873. The van der Waals surface area contributed by atoms with Crippen LogP contribution in [-0.2, 0) is 13.6 Å². The fourth-order valence-electron chi connectivity index (χ4n) is 0.873. The van der Waals surface area contributed by atoms with Crippen molar-refractivity contribution in [1.29, 1.82) is 5.26 Å². The van der Waals surface area contributed by atoms with Crippen LogP contribution >= 0.6 is 0 Å². The maximum Gasteiger partial charge on any atom is 0.243 e. The van der Waals surface area contributed by atoms with Crippen LogP contribution in [0, 0.1) is 18.4 Å². The van der Waals surface area contributed by atoms with E-state index in [4.69, 9.17) is 10.7 Å². The molecule has 0 saturated carbocycles. The summed E-state index contributed by atoms with van der Waals surface area (Å²) in [5.41, 5.74) is 1.30. The molecular formula is C9H13N5. The van der Waals surface area contributed by atoms with Crippen LogP contribution < -0.4 is 4.57 Å². The SMILES string of the molecule is CC[n+]1cc(C)n(C)c1.N#CN=C=[N-]. The van der Waals surface area contributed by atoms with E-state index < -0.39 is 0 Å². The molecule has 0 amide bonds. The number of hydrogen-bond acceptors (Lipinski definition) is 2. The molecule has 0 aromatic carbocycles. The Bertz CT molecular complexity index is 346. The Kier molecular flexibility index (Phi) is 5.68. The van der Waals surface area contributed by atoms with E-state index in [9.17, 15) is 0 Å². The number of aryl methyl sites for hydroxylation is 3. The highest BCUT2D eigenvalue weighted by Crippen LogP contribution is 1.88. The lowest BCUT2D eigenvalue weighted by Crippen LogP contribution is -2.28. The van der Waals surface area contributed by atoms with Crippen molar-refractivity contribution in [3.05, 3.63) is 23.6 Å². The predicted octanol–water partition coefficient (Wildman–Crippen LogP) is 0.852. The lowest BCUT2D eigenvalue weighted by atomic mass is 10.5. The van der Waals surface area contributed by atoms with Gasteiger partial charge in [0.1, 0.15) is 11.9 Å². The molecule has 0 bridgehead atoms. The lowest BCUT2D eigenvalue weighted by Gasteiger charge is -1.81. The predicted molar refractivity (Wildman–Crippen MR) is 52.4 cm³/mol. The van der Waals surface area contributed by atoms with Gasteiger partial charge in [0, 0.05) is 6.92 Å². The van der Waals surface area contributed by atoms with Crippen molar-refractivity contribution < 1.29 is 4.57 Å². The average molecular weight is 191 g/mol. The van der Waals surface area contributed by atoms with Crippen LogP contribution in [0.5, 0.6) is 0 Å². The molecule has 0 atom stereocenters. The van der Waals surface area contributed by atoms with E-state index in [2.05, 4.69) is 47.5 Å². The van der Waals surface area contributed by atoms with Gasteiger partial charge < -0.3 is 10.4 Å². The minimum atomic E-state index is 1.06. The zero-order valence-corrected chi connectivity index (χ0v) is 8.60. The molecule has 0 aliphatic rings. The molecule has 1 heterocycles. The molecule has 5 heteroatoms. The van der Waals surface area contributed by atoms with Crippen LogP contribution in [-0.4, -0.2) is 10.6 Å². The summed E-state index contributed by atoms with van der Waals surface area (Å²) in [6.45, 7) is 5.30. The zero-order chi connectivity index (χ0) is 11.0. The summed E-state index contributed by atoms with van der Waals surface area (Å²) in [6, 6.07) is 1.28. The zero-order valence-electron chi connectivity index (χ0n) is 8.60. The van der Waals surface area contributed by atoms with Gasteiger partial charge in [0.2, 0.25) is 6.33 Å². The molecule has 0 spiro atoms. The standard InChI is InChI=1S/C7H13N2.C2N3/c1-4-9-5-7(2)8(3)6-9;3-1-5-2-4/h5-6H,4H2,1-3H3;/q+1;-1. The summed E-state index contributed by atoms with van der Waals surface area (Å²) < 4.78 is 4.28. The van der Waals surface area contributed by atoms with Crippen molar-refractivity contribution in [3.8, 4) is 6.19 Å². The number of imidazole rings is 1. The maximum absolute atomic E-state index is 7.43. The Morgan fingerprint density at radius 1 is 1.71 bits per heavy atom. The summed E-state index contributed by atoms with van der Waals surface area (Å²) in [7, 11) is 2.06. The molecule has 0 radical (unpaired) electrons. The van der Waals surface area contributed by atoms with Crippen LogP contribution in [0.2, 0.25) is 0 Å². The summed E-state index contributed by atoms with van der Waals surface area (Å²) in [5.74, 6) is 0. The Morgan fingerprint density at radius 2 is 2.36 bits per heavy atom. The van der Waals surface area contributed by atoms with Gasteiger partial charge in [-0.1, -0.05) is 0 Å². The highest BCUT2D eigenvalue weighted by Gasteiger charge is 2.00. The Labute approximate surface area is 83.4 Å². The van der Waals surface area contributed by atoms with E-state index in [1.165, 1.54) is 17.9 Å². The van der Waals surface area contributed by atoms with Crippen molar-refractivity contribution in [2.24, 2.45) is 12.0 Å². The molecule has 0 fully saturated rings. The van der Waals surface area contributed by atoms with Crippen LogP contribution in [0.3, 0.4) is 0 Å². The first kappa shape index (κ1) is 12.1. The van der Waals surface area contributed by atoms with Gasteiger partial charge >= 0.3 is 0 Å². The minimum absolute atomic E-state index is 1.06. The van der Waals surface area contributed by atoms with Crippen molar-refractivity contribution in [2.75, 3.05) is 0 Å². The molecule has 0 unspecified atom stereocenters. The molecule has 1 aromatic rings. The Hall–Kier alpha value is -1.92. The molecule has 0 aliphatic carbocycles. The first-order valence-electron chi connectivity index (χ1n) is 4.15. The first-order valence-corrected chi connectivity index (χ1v) is 4.15. The molecule has 74 valence electrons. The van der Waals surface area contributed by atoms with E-state index in [0.717, 1.165) is 6.54 Å². The Balaban J connectivity index is 0.000000292. The third-order valence-corrected chi connectivity index (χ3v) is 1.70. The first-order chi connectivity index (χ1) is 6.65. The lowest BCUT2D eigenvalue weighted by molar-refractivity contribution is -0.693. The minimum Gasteiger partial charge on any atom is -0.422 e. The maximum atomic E-state index is 7.43. The van der Waals surface area contributed by atoms with Gasteiger partial charge in [0.05, 0.1) is 19.8 Å². The number of hydrogen-bond donors (Lipinski definition) is 0. The van der Waals surface area contributed by atoms with Gasteiger partial charge in [0.15, 0.2) is 0 Å². The second-order valence-corrected chi connectivity index (χ2v) is 2.64. The van der Waals surface area contributed by atoms with Gasteiger partial charge in [-0.15, -0.1) is 6.01 Å². The fraction of sp³-hybridized carbons (Fsp3) is 0.444. The van der Waals surface area contributed by atoms with Gasteiger partial charge in [-0.3, -0.25) is 0 Å². The molecule has 14 heavy (non-hydrogen) atoms. The quantitative estimate of drug-likeness (QED) is 0.368. The largest absolute Gasteiger partial charge is 0.422 e. The highest BCUT2D eigenvalue weighted by atomic mass is 15.1. The monoisotopic (exact) mass is 191 g/mol. The van der Waals surface area contributed by atoms with Crippen LogP contribution in [0.25, 0.3) is 5.41 Å². The van der Waals surface area contributed by atoms with Gasteiger partial charge in [0.25, 0.3) is 0 Å². The second kappa shape index (κ2) is 6.58. The molecule has 0 aliphatic heterocycles. The number of nitrogens with zero attached hydrogens (tertiary/aromatic N) is 5. The molecular weight excluding hydrogens is 178 g/mol. The average Bonchev–Trinajstić information content (AvgIpc) is 2.49. The van der Waals surface area contributed by atoms with E-state index in [-0.39, 0.29) is 0 Å². The molecule has 0 N–H and O–H groups in total. The van der Waals surface area contributed by atoms with Crippen molar-refractivity contribution in [2.45, 2.75) is 20.4 Å². The van der Waals surface area contributed by atoms with Gasteiger partial charge in [-0.25, -0.2) is 9.13 Å². The van der Waals surface area contributed by atoms with Gasteiger partial charge in [-0.05, 0) is 6.92 Å². The Morgan fingerprint density at radius 3 is 2.50 bits per heavy atom. The summed E-state index contributed by atoms with van der Waals surface area (Å²) >= 11 is 0. The number of aromatic nitrogens is 2. The summed E-state index contributed by atoms with van der Waals surface area (Å²) in [5, 5.41) is 14.9. The van der Waals surface area contributed by atoms with E-state index in [0.29, 0.717) is 0 Å². The third kappa shape index (κ3) is 4.19. The second-order valence-electron chi connectivity index (χ2n) is 2.64. The third-order valence-electron chi connectivity index (χ3n) is 1.70. The van der Waals surface area contributed by atoms with E-state index >= 15 is 0 Å². The topological polar surface area (TPSA) is 67.3 Å². The number of nitriles is 1. The smallest absolute Gasteiger partial charge is 0.243 e. The van der Waals surface area contributed by atoms with Crippen LogP contribution in [0.1, 0.15) is 12.6 Å². The molecule has 1 aromatic heterocycles.